The van der Waals surface area contributed by atoms with Crippen LogP contribution in [0.2, 0.25) is 0 Å². The summed E-state index contributed by atoms with van der Waals surface area (Å²) in [6.45, 7) is 2.11. The van der Waals surface area contributed by atoms with Crippen LogP contribution in [-0.4, -0.2) is 25.7 Å². The highest BCUT2D eigenvalue weighted by Gasteiger charge is 2.38. The summed E-state index contributed by atoms with van der Waals surface area (Å²) in [4.78, 5) is 12.6. The lowest BCUT2D eigenvalue weighted by atomic mass is 9.79. The summed E-state index contributed by atoms with van der Waals surface area (Å²) in [7, 11) is 0. The van der Waals surface area contributed by atoms with E-state index in [1.54, 1.807) is 0 Å². The molecule has 2 aromatic carbocycles. The van der Waals surface area contributed by atoms with Crippen molar-refractivity contribution in [2.24, 2.45) is 11.1 Å². The van der Waals surface area contributed by atoms with Gasteiger partial charge >= 0.3 is 0 Å². The number of nitrogens with two attached hydrogens (primary N) is 1. The van der Waals surface area contributed by atoms with Crippen molar-refractivity contribution in [2.45, 2.75) is 19.4 Å². The topological polar surface area (TPSA) is 64.4 Å². The van der Waals surface area contributed by atoms with Crippen molar-refractivity contribution >= 4 is 5.91 Å². The highest BCUT2D eigenvalue weighted by atomic mass is 16.5. The monoisotopic (exact) mass is 324 g/mol. The van der Waals surface area contributed by atoms with E-state index in [-0.39, 0.29) is 5.91 Å². The Balaban J connectivity index is 1.61. The molecule has 1 fully saturated rings. The van der Waals surface area contributed by atoms with Gasteiger partial charge in [0, 0.05) is 26.3 Å². The molecular weight excluding hydrogens is 300 g/mol. The van der Waals surface area contributed by atoms with E-state index in [0.29, 0.717) is 39.1 Å². The predicted molar refractivity (Wildman–Crippen MR) is 95.3 cm³/mol. The zero-order chi connectivity index (χ0) is 16.8. The number of carbonyl (C=O) groups is 1. The Labute approximate surface area is 143 Å². The highest BCUT2D eigenvalue weighted by Crippen LogP contribution is 2.29. The Kier molecular flexibility index (Phi) is 5.28. The van der Waals surface area contributed by atoms with Crippen molar-refractivity contribution in [1.29, 1.82) is 0 Å². The molecule has 3 N–H and O–H groups in total. The fraction of sp³-hybridized carbons (Fsp3) is 0.350. The lowest BCUT2D eigenvalue weighted by Gasteiger charge is -2.34. The van der Waals surface area contributed by atoms with Gasteiger partial charge < -0.3 is 15.8 Å². The van der Waals surface area contributed by atoms with Crippen LogP contribution in [0.1, 0.15) is 18.4 Å². The summed E-state index contributed by atoms with van der Waals surface area (Å²) in [6, 6.07) is 18.5. The number of nitrogens with one attached hydrogen (secondary N) is 1. The number of ether oxygens (including phenoxy) is 1. The van der Waals surface area contributed by atoms with Gasteiger partial charge in [-0.3, -0.25) is 4.79 Å². The van der Waals surface area contributed by atoms with E-state index >= 15 is 0 Å². The molecule has 24 heavy (non-hydrogen) atoms. The van der Waals surface area contributed by atoms with Crippen LogP contribution in [0, 0.1) is 5.41 Å². The van der Waals surface area contributed by atoms with E-state index < -0.39 is 5.41 Å². The van der Waals surface area contributed by atoms with Crippen LogP contribution in [0.15, 0.2) is 54.6 Å². The zero-order valence-corrected chi connectivity index (χ0v) is 13.8. The molecule has 2 aromatic rings. The van der Waals surface area contributed by atoms with Crippen LogP contribution in [0.25, 0.3) is 11.1 Å². The van der Waals surface area contributed by atoms with Crippen molar-refractivity contribution in [1.82, 2.24) is 5.32 Å². The van der Waals surface area contributed by atoms with Crippen LogP contribution in [-0.2, 0) is 16.1 Å². The molecule has 0 aliphatic carbocycles. The standard InChI is InChI=1S/C20H24N2O2/c21-15-20(10-12-24-13-11-20)19(23)22-14-16-6-8-18(9-7-16)17-4-2-1-3-5-17/h1-9H,10-15,21H2,(H,22,23). The molecule has 1 amide bonds. The van der Waals surface area contributed by atoms with Gasteiger partial charge in [0.25, 0.3) is 0 Å². The molecule has 0 saturated carbocycles. The van der Waals surface area contributed by atoms with Gasteiger partial charge in [-0.25, -0.2) is 0 Å². The predicted octanol–water partition coefficient (Wildman–Crippen LogP) is 2.73. The van der Waals surface area contributed by atoms with Gasteiger partial charge in [-0.15, -0.1) is 0 Å². The Morgan fingerprint density at radius 3 is 2.25 bits per heavy atom. The molecule has 4 heteroatoms. The minimum atomic E-state index is -0.470. The molecule has 3 rings (SSSR count). The molecule has 1 aliphatic heterocycles. The second-order valence-electron chi connectivity index (χ2n) is 6.34. The summed E-state index contributed by atoms with van der Waals surface area (Å²) >= 11 is 0. The third kappa shape index (κ3) is 3.66. The smallest absolute Gasteiger partial charge is 0.227 e. The molecule has 4 nitrogen and oxygen atoms in total. The van der Waals surface area contributed by atoms with Crippen LogP contribution < -0.4 is 11.1 Å². The van der Waals surface area contributed by atoms with Gasteiger partial charge in [-0.05, 0) is 29.5 Å². The van der Waals surface area contributed by atoms with Crippen LogP contribution in [0.5, 0.6) is 0 Å². The van der Waals surface area contributed by atoms with E-state index in [2.05, 4.69) is 41.7 Å². The van der Waals surface area contributed by atoms with E-state index in [4.69, 9.17) is 10.5 Å². The Morgan fingerprint density at radius 2 is 1.62 bits per heavy atom. The SMILES string of the molecule is NCC1(C(=O)NCc2ccc(-c3ccccc3)cc2)CCOCC1. The first kappa shape index (κ1) is 16.7. The molecular formula is C20H24N2O2. The Bertz CT molecular complexity index is 662. The fourth-order valence-corrected chi connectivity index (χ4v) is 3.10. The number of hydrogen-bond donors (Lipinski definition) is 2. The number of rotatable bonds is 5. The summed E-state index contributed by atoms with van der Waals surface area (Å²) in [5, 5.41) is 3.05. The van der Waals surface area contributed by atoms with Gasteiger partial charge in [0.2, 0.25) is 5.91 Å². The summed E-state index contributed by atoms with van der Waals surface area (Å²) in [6.07, 6.45) is 1.39. The third-order valence-corrected chi connectivity index (χ3v) is 4.84. The van der Waals surface area contributed by atoms with Crippen molar-refractivity contribution in [2.75, 3.05) is 19.8 Å². The summed E-state index contributed by atoms with van der Waals surface area (Å²) in [5.74, 6) is 0.0421. The second-order valence-corrected chi connectivity index (χ2v) is 6.34. The first-order chi connectivity index (χ1) is 11.7. The molecule has 0 atom stereocenters. The average molecular weight is 324 g/mol. The summed E-state index contributed by atoms with van der Waals surface area (Å²) < 4.78 is 5.36. The van der Waals surface area contributed by atoms with Gasteiger partial charge in [-0.2, -0.15) is 0 Å². The maximum absolute atomic E-state index is 12.6. The van der Waals surface area contributed by atoms with Gasteiger partial charge in [-0.1, -0.05) is 54.6 Å². The quantitative estimate of drug-likeness (QED) is 0.889. The fourth-order valence-electron chi connectivity index (χ4n) is 3.10. The van der Waals surface area contributed by atoms with Gasteiger partial charge in [0.15, 0.2) is 0 Å². The molecule has 0 aromatic heterocycles. The highest BCUT2D eigenvalue weighted by molar-refractivity contribution is 5.83. The van der Waals surface area contributed by atoms with Crippen LogP contribution in [0.3, 0.4) is 0 Å². The molecule has 126 valence electrons. The molecule has 0 spiro atoms. The van der Waals surface area contributed by atoms with Gasteiger partial charge in [0.1, 0.15) is 0 Å². The van der Waals surface area contributed by atoms with Gasteiger partial charge in [0.05, 0.1) is 5.41 Å². The molecule has 1 heterocycles. The van der Waals surface area contributed by atoms with Crippen molar-refractivity contribution in [3.63, 3.8) is 0 Å². The first-order valence-corrected chi connectivity index (χ1v) is 8.44. The van der Waals surface area contributed by atoms with Crippen molar-refractivity contribution in [3.8, 4) is 11.1 Å². The van der Waals surface area contributed by atoms with Crippen LogP contribution in [0.4, 0.5) is 0 Å². The number of hydrogen-bond acceptors (Lipinski definition) is 3. The van der Waals surface area contributed by atoms with Crippen molar-refractivity contribution < 1.29 is 9.53 Å². The number of amides is 1. The Hall–Kier alpha value is -2.17. The minimum absolute atomic E-state index is 0.0421. The zero-order valence-electron chi connectivity index (χ0n) is 13.8. The van der Waals surface area contributed by atoms with Crippen molar-refractivity contribution in [3.05, 3.63) is 60.2 Å². The lowest BCUT2D eigenvalue weighted by Crippen LogP contribution is -2.48. The van der Waals surface area contributed by atoms with E-state index in [1.165, 1.54) is 11.1 Å². The normalized spacial score (nSPS) is 16.5. The Morgan fingerprint density at radius 1 is 1.00 bits per heavy atom. The average Bonchev–Trinajstić information content (AvgIpc) is 2.67. The molecule has 0 unspecified atom stereocenters. The molecule has 1 saturated heterocycles. The third-order valence-electron chi connectivity index (χ3n) is 4.84. The first-order valence-electron chi connectivity index (χ1n) is 8.44. The van der Waals surface area contributed by atoms with E-state index in [9.17, 15) is 4.79 Å². The second kappa shape index (κ2) is 7.60. The maximum Gasteiger partial charge on any atom is 0.227 e. The minimum Gasteiger partial charge on any atom is -0.381 e. The lowest BCUT2D eigenvalue weighted by molar-refractivity contribution is -0.136. The maximum atomic E-state index is 12.6. The van der Waals surface area contributed by atoms with E-state index in [1.807, 2.05) is 18.2 Å². The molecule has 1 aliphatic rings. The number of benzene rings is 2. The van der Waals surface area contributed by atoms with Crippen LogP contribution >= 0.6 is 0 Å². The number of carbonyl (C=O) groups excluding carboxylic acids is 1. The van der Waals surface area contributed by atoms with E-state index in [0.717, 1.165) is 5.56 Å². The molecule has 0 radical (unpaired) electrons. The molecule has 0 bridgehead atoms. The summed E-state index contributed by atoms with van der Waals surface area (Å²) in [5.41, 5.74) is 8.86. The largest absolute Gasteiger partial charge is 0.381 e.